The molecule has 4 rings (SSSR count). The Morgan fingerprint density at radius 1 is 1.12 bits per heavy atom. The molecule has 0 radical (unpaired) electrons. The fourth-order valence-electron chi connectivity index (χ4n) is 3.45. The number of aromatic nitrogens is 1. The Morgan fingerprint density at radius 2 is 1.88 bits per heavy atom. The predicted molar refractivity (Wildman–Crippen MR) is 130 cm³/mol. The van der Waals surface area contributed by atoms with E-state index in [2.05, 4.69) is 47.6 Å². The maximum atomic E-state index is 12.5. The van der Waals surface area contributed by atoms with Crippen molar-refractivity contribution < 1.29 is 9.72 Å². The largest absolute Gasteiger partial charge is 0.354 e. The highest BCUT2D eigenvalue weighted by molar-refractivity contribution is 7.99. The number of nitro benzene ring substituents is 1. The second-order valence-electron chi connectivity index (χ2n) is 7.26. The van der Waals surface area contributed by atoms with E-state index in [9.17, 15) is 14.9 Å². The Bertz CT molecular complexity index is 1300. The number of nitrogens with one attached hydrogen (secondary N) is 2. The molecule has 0 saturated heterocycles. The third kappa shape index (κ3) is 4.64. The number of carbonyl (C=O) groups is 1. The van der Waals surface area contributed by atoms with Crippen LogP contribution in [0.5, 0.6) is 0 Å². The number of para-hydroxylation sites is 1. The number of thioether (sulfide) groups is 1. The molecule has 1 heterocycles. The molecule has 32 heavy (non-hydrogen) atoms. The van der Waals surface area contributed by atoms with Crippen LogP contribution in [0.1, 0.15) is 15.9 Å². The molecule has 0 aliphatic rings. The van der Waals surface area contributed by atoms with Crippen molar-refractivity contribution in [1.29, 1.82) is 0 Å². The number of H-pyrrole nitrogens is 1. The van der Waals surface area contributed by atoms with Gasteiger partial charge < -0.3 is 10.3 Å². The average molecular weight is 466 g/mol. The van der Waals surface area contributed by atoms with Crippen molar-refractivity contribution in [2.75, 3.05) is 12.3 Å². The molecule has 0 aliphatic carbocycles. The van der Waals surface area contributed by atoms with Crippen LogP contribution in [0.3, 0.4) is 0 Å². The number of halogens is 1. The number of amides is 1. The highest BCUT2D eigenvalue weighted by Crippen LogP contribution is 2.37. The number of hydrogen-bond donors (Lipinski definition) is 2. The number of fused-ring (bicyclic) bond motifs is 1. The van der Waals surface area contributed by atoms with Crippen LogP contribution in [0.25, 0.3) is 22.2 Å². The van der Waals surface area contributed by atoms with Crippen LogP contribution in [0.2, 0.25) is 5.02 Å². The maximum Gasteiger partial charge on any atom is 0.282 e. The number of carbonyl (C=O) groups excluding carboxylic acids is 1. The van der Waals surface area contributed by atoms with Crippen molar-refractivity contribution in [2.24, 2.45) is 0 Å². The van der Waals surface area contributed by atoms with E-state index in [1.54, 1.807) is 11.8 Å². The zero-order valence-corrected chi connectivity index (χ0v) is 18.8. The first-order chi connectivity index (χ1) is 15.4. The summed E-state index contributed by atoms with van der Waals surface area (Å²) in [7, 11) is 0. The fraction of sp³-hybridized carbons (Fsp3) is 0.125. The van der Waals surface area contributed by atoms with Gasteiger partial charge in [0.1, 0.15) is 5.56 Å². The minimum absolute atomic E-state index is 0.0417. The first-order valence-corrected chi connectivity index (χ1v) is 11.3. The second kappa shape index (κ2) is 9.46. The number of aromatic amines is 1. The molecule has 1 amide bonds. The number of rotatable bonds is 7. The first kappa shape index (κ1) is 21.9. The van der Waals surface area contributed by atoms with Gasteiger partial charge in [-0.1, -0.05) is 59.6 Å². The molecule has 2 N–H and O–H groups in total. The summed E-state index contributed by atoms with van der Waals surface area (Å²) in [6.07, 6.45) is 0. The third-order valence-corrected chi connectivity index (χ3v) is 6.39. The molecule has 0 atom stereocenters. The minimum Gasteiger partial charge on any atom is -0.354 e. The molecular weight excluding hydrogens is 446 g/mol. The smallest absolute Gasteiger partial charge is 0.282 e. The summed E-state index contributed by atoms with van der Waals surface area (Å²) in [5, 5.41) is 15.4. The van der Waals surface area contributed by atoms with Crippen LogP contribution >= 0.6 is 23.4 Å². The van der Waals surface area contributed by atoms with E-state index in [1.807, 2.05) is 18.2 Å². The summed E-state index contributed by atoms with van der Waals surface area (Å²) >= 11 is 7.55. The molecular formula is C24H20ClN3O3S. The summed E-state index contributed by atoms with van der Waals surface area (Å²) in [5.74, 6) is 0.0818. The molecule has 0 fully saturated rings. The van der Waals surface area contributed by atoms with E-state index in [0.717, 1.165) is 27.1 Å². The summed E-state index contributed by atoms with van der Waals surface area (Å²) in [5.41, 5.74) is 4.06. The van der Waals surface area contributed by atoms with Crippen LogP contribution in [-0.2, 0) is 0 Å². The Morgan fingerprint density at radius 3 is 2.62 bits per heavy atom. The Hall–Kier alpha value is -3.29. The molecule has 3 aromatic carbocycles. The molecule has 6 nitrogen and oxygen atoms in total. The first-order valence-electron chi connectivity index (χ1n) is 9.96. The monoisotopic (exact) mass is 465 g/mol. The van der Waals surface area contributed by atoms with Crippen molar-refractivity contribution in [3.8, 4) is 11.3 Å². The van der Waals surface area contributed by atoms with Gasteiger partial charge in [-0.15, -0.1) is 11.8 Å². The molecule has 0 unspecified atom stereocenters. The molecule has 162 valence electrons. The van der Waals surface area contributed by atoms with Gasteiger partial charge in [0.15, 0.2) is 0 Å². The molecule has 1 aromatic heterocycles. The van der Waals surface area contributed by atoms with Gasteiger partial charge in [-0.05, 0) is 30.7 Å². The maximum absolute atomic E-state index is 12.5. The fourth-order valence-corrected chi connectivity index (χ4v) is 4.68. The molecule has 8 heteroatoms. The van der Waals surface area contributed by atoms with E-state index in [-0.39, 0.29) is 16.3 Å². The van der Waals surface area contributed by atoms with Gasteiger partial charge in [-0.3, -0.25) is 14.9 Å². The van der Waals surface area contributed by atoms with Crippen molar-refractivity contribution in [2.45, 2.75) is 11.8 Å². The zero-order valence-electron chi connectivity index (χ0n) is 17.2. The zero-order chi connectivity index (χ0) is 22.7. The predicted octanol–water partition coefficient (Wildman–Crippen LogP) is 6.23. The highest BCUT2D eigenvalue weighted by Gasteiger charge is 2.20. The quantitative estimate of drug-likeness (QED) is 0.146. The molecule has 4 aromatic rings. The van der Waals surface area contributed by atoms with Crippen molar-refractivity contribution in [3.63, 3.8) is 0 Å². The normalized spacial score (nSPS) is 10.9. The van der Waals surface area contributed by atoms with E-state index >= 15 is 0 Å². The molecule has 0 spiro atoms. The lowest BCUT2D eigenvalue weighted by atomic mass is 10.1. The van der Waals surface area contributed by atoms with Gasteiger partial charge >= 0.3 is 0 Å². The number of nitro groups is 1. The Balaban J connectivity index is 1.50. The van der Waals surface area contributed by atoms with Crippen LogP contribution in [-0.4, -0.2) is 28.1 Å². The lowest BCUT2D eigenvalue weighted by Crippen LogP contribution is -2.26. The van der Waals surface area contributed by atoms with Crippen LogP contribution in [0.4, 0.5) is 5.69 Å². The second-order valence-corrected chi connectivity index (χ2v) is 8.81. The van der Waals surface area contributed by atoms with Gasteiger partial charge in [-0.2, -0.15) is 0 Å². The lowest BCUT2D eigenvalue weighted by Gasteiger charge is -2.08. The molecule has 0 bridgehead atoms. The standard InChI is InChI=1S/C24H20ClN3O3S/c1-15-6-8-16(9-7-15)22-23(18-4-2-3-5-20(18)27-22)32-13-12-26-24(29)19-14-17(25)10-11-21(19)28(30)31/h2-11,14,27H,12-13H2,1H3,(H,26,29). The lowest BCUT2D eigenvalue weighted by molar-refractivity contribution is -0.385. The van der Waals surface area contributed by atoms with Crippen molar-refractivity contribution in [3.05, 3.63) is 93.0 Å². The topological polar surface area (TPSA) is 88.0 Å². The third-order valence-electron chi connectivity index (χ3n) is 5.03. The van der Waals surface area contributed by atoms with Gasteiger partial charge in [0.2, 0.25) is 0 Å². The number of hydrogen-bond acceptors (Lipinski definition) is 4. The minimum atomic E-state index is -0.584. The SMILES string of the molecule is Cc1ccc(-c2[nH]c3ccccc3c2SCCNC(=O)c2cc(Cl)ccc2[N+](=O)[O-])cc1. The van der Waals surface area contributed by atoms with Gasteiger partial charge in [0.25, 0.3) is 11.6 Å². The van der Waals surface area contributed by atoms with Gasteiger partial charge in [0, 0.05) is 39.2 Å². The van der Waals surface area contributed by atoms with Gasteiger partial charge in [-0.25, -0.2) is 0 Å². The van der Waals surface area contributed by atoms with E-state index in [1.165, 1.54) is 23.8 Å². The van der Waals surface area contributed by atoms with Crippen LogP contribution < -0.4 is 5.32 Å². The summed E-state index contributed by atoms with van der Waals surface area (Å²) in [4.78, 5) is 27.8. The Labute approximate surface area is 194 Å². The van der Waals surface area contributed by atoms with Crippen LogP contribution in [0.15, 0.2) is 71.6 Å². The molecule has 0 aliphatic heterocycles. The highest BCUT2D eigenvalue weighted by atomic mass is 35.5. The summed E-state index contributed by atoms with van der Waals surface area (Å²) in [6, 6.07) is 20.4. The Kier molecular flexibility index (Phi) is 6.48. The van der Waals surface area contributed by atoms with Gasteiger partial charge in [0.05, 0.1) is 10.6 Å². The number of benzene rings is 3. The van der Waals surface area contributed by atoms with E-state index in [0.29, 0.717) is 12.3 Å². The summed E-state index contributed by atoms with van der Waals surface area (Å²) < 4.78 is 0. The van der Waals surface area contributed by atoms with E-state index in [4.69, 9.17) is 11.6 Å². The molecule has 0 saturated carbocycles. The summed E-state index contributed by atoms with van der Waals surface area (Å²) in [6.45, 7) is 2.40. The number of aryl methyl sites for hydroxylation is 1. The van der Waals surface area contributed by atoms with Crippen molar-refractivity contribution >= 4 is 45.9 Å². The van der Waals surface area contributed by atoms with E-state index < -0.39 is 10.8 Å². The number of nitrogens with zero attached hydrogens (tertiary/aromatic N) is 1. The van der Waals surface area contributed by atoms with Crippen LogP contribution in [0, 0.1) is 17.0 Å². The van der Waals surface area contributed by atoms with Crippen molar-refractivity contribution in [1.82, 2.24) is 10.3 Å². The average Bonchev–Trinajstić information content (AvgIpc) is 3.15.